The first-order valence-electron chi connectivity index (χ1n) is 5.41. The van der Waals surface area contributed by atoms with Crippen molar-refractivity contribution in [2.24, 2.45) is 5.41 Å². The summed E-state index contributed by atoms with van der Waals surface area (Å²) in [5.41, 5.74) is 0.0142. The van der Waals surface area contributed by atoms with Gasteiger partial charge >= 0.3 is 5.97 Å². The number of carbonyl (C=O) groups excluding carboxylic acids is 1. The van der Waals surface area contributed by atoms with Crippen molar-refractivity contribution in [3.05, 3.63) is 30.3 Å². The maximum absolute atomic E-state index is 11.4. The molecule has 3 heteroatoms. The Kier molecular flexibility index (Phi) is 2.98. The van der Waals surface area contributed by atoms with Gasteiger partial charge < -0.3 is 4.74 Å². The molecule has 1 aromatic carbocycles. The first kappa shape index (κ1) is 11.5. The topological polar surface area (TPSA) is 26.3 Å². The van der Waals surface area contributed by atoms with Gasteiger partial charge in [0.25, 0.3) is 0 Å². The maximum Gasteiger partial charge on any atom is 0.323 e. The van der Waals surface area contributed by atoms with E-state index in [1.807, 2.05) is 30.3 Å². The zero-order chi connectivity index (χ0) is 11.8. The summed E-state index contributed by atoms with van der Waals surface area (Å²) in [6.45, 7) is 6.30. The van der Waals surface area contributed by atoms with Crippen LogP contribution in [0, 0.1) is 5.41 Å². The van der Waals surface area contributed by atoms with Crippen molar-refractivity contribution in [2.45, 2.75) is 37.0 Å². The molecule has 0 unspecified atom stereocenters. The van der Waals surface area contributed by atoms with Crippen LogP contribution >= 0.6 is 11.8 Å². The smallest absolute Gasteiger partial charge is 0.323 e. The third-order valence-electron chi connectivity index (χ3n) is 2.61. The molecule has 86 valence electrons. The predicted octanol–water partition coefficient (Wildman–Crippen LogP) is 3.12. The Bertz CT molecular complexity index is 381. The molecule has 1 fully saturated rings. The summed E-state index contributed by atoms with van der Waals surface area (Å²) >= 11 is 1.60. The normalized spacial score (nSPS) is 24.8. The van der Waals surface area contributed by atoms with Crippen molar-refractivity contribution in [1.29, 1.82) is 0 Å². The van der Waals surface area contributed by atoms with E-state index in [1.54, 1.807) is 11.8 Å². The van der Waals surface area contributed by atoms with Crippen LogP contribution in [-0.4, -0.2) is 17.3 Å². The van der Waals surface area contributed by atoms with Gasteiger partial charge in [-0.15, -0.1) is 11.8 Å². The molecule has 2 nitrogen and oxygen atoms in total. The van der Waals surface area contributed by atoms with Crippen LogP contribution in [0.3, 0.4) is 0 Å². The van der Waals surface area contributed by atoms with E-state index in [2.05, 4.69) is 20.8 Å². The first-order chi connectivity index (χ1) is 7.48. The predicted molar refractivity (Wildman–Crippen MR) is 65.4 cm³/mol. The van der Waals surface area contributed by atoms with Gasteiger partial charge in [0.15, 0.2) is 0 Å². The third-order valence-corrected chi connectivity index (χ3v) is 3.85. The number of hydrogen-bond donors (Lipinski definition) is 0. The molecule has 0 amide bonds. The van der Waals surface area contributed by atoms with Crippen LogP contribution in [0.2, 0.25) is 0 Å². The molecule has 1 aliphatic heterocycles. The second-order valence-electron chi connectivity index (χ2n) is 5.08. The van der Waals surface area contributed by atoms with Gasteiger partial charge in [0.1, 0.15) is 11.4 Å². The summed E-state index contributed by atoms with van der Waals surface area (Å²) in [6, 6.07) is 9.99. The fourth-order valence-electron chi connectivity index (χ4n) is 1.69. The van der Waals surface area contributed by atoms with Crippen molar-refractivity contribution >= 4 is 17.7 Å². The van der Waals surface area contributed by atoms with Gasteiger partial charge in [-0.1, -0.05) is 39.0 Å². The number of hydrogen-bond acceptors (Lipinski definition) is 3. The van der Waals surface area contributed by atoms with E-state index in [9.17, 15) is 4.79 Å². The van der Waals surface area contributed by atoms with Crippen LogP contribution in [-0.2, 0) is 9.53 Å². The molecule has 0 saturated carbocycles. The zero-order valence-corrected chi connectivity index (χ0v) is 10.6. The van der Waals surface area contributed by atoms with E-state index in [4.69, 9.17) is 4.74 Å². The Labute approximate surface area is 100 Å². The van der Waals surface area contributed by atoms with E-state index in [-0.39, 0.29) is 22.7 Å². The second kappa shape index (κ2) is 4.13. The summed E-state index contributed by atoms with van der Waals surface area (Å²) in [7, 11) is 0. The molecule has 0 N–H and O–H groups in total. The number of benzene rings is 1. The van der Waals surface area contributed by atoms with E-state index in [0.29, 0.717) is 0 Å². The number of ether oxygens (including phenoxy) is 1. The molecule has 1 aromatic rings. The molecule has 1 heterocycles. The molecule has 2 atom stereocenters. The van der Waals surface area contributed by atoms with Crippen LogP contribution in [0.5, 0.6) is 0 Å². The molecule has 1 saturated heterocycles. The Hall–Kier alpha value is -0.960. The molecule has 0 bridgehead atoms. The highest BCUT2D eigenvalue weighted by atomic mass is 32.2. The van der Waals surface area contributed by atoms with Crippen molar-refractivity contribution in [1.82, 2.24) is 0 Å². The van der Waals surface area contributed by atoms with Gasteiger partial charge in [0.2, 0.25) is 0 Å². The number of carbonyl (C=O) groups is 1. The van der Waals surface area contributed by atoms with Crippen molar-refractivity contribution < 1.29 is 9.53 Å². The molecule has 1 aliphatic rings. The minimum Gasteiger partial charge on any atom is -0.459 e. The summed E-state index contributed by atoms with van der Waals surface area (Å²) in [5, 5.41) is -0.0533. The van der Waals surface area contributed by atoms with Crippen molar-refractivity contribution in [3.63, 3.8) is 0 Å². The van der Waals surface area contributed by atoms with Crippen LogP contribution in [0.4, 0.5) is 0 Å². The maximum atomic E-state index is 11.4. The van der Waals surface area contributed by atoms with Crippen molar-refractivity contribution in [2.75, 3.05) is 0 Å². The summed E-state index contributed by atoms with van der Waals surface area (Å²) < 4.78 is 5.23. The minimum absolute atomic E-state index is 0.0142. The number of rotatable bonds is 2. The molecule has 0 aliphatic carbocycles. The Balaban J connectivity index is 2.07. The van der Waals surface area contributed by atoms with Gasteiger partial charge in [0, 0.05) is 10.3 Å². The molecule has 2 rings (SSSR count). The average molecular weight is 236 g/mol. The lowest BCUT2D eigenvalue weighted by molar-refractivity contribution is -0.177. The lowest BCUT2D eigenvalue weighted by Gasteiger charge is -2.42. The monoisotopic (exact) mass is 236 g/mol. The standard InChI is InChI=1S/C13H16O2S/c1-13(2,3)11-10(12(14)15-11)16-9-7-5-4-6-8-9/h4-8,10-11H,1-3H3/t10-,11+/m0/s1. The summed E-state index contributed by atoms with van der Waals surface area (Å²) in [6.07, 6.45) is 0.0187. The number of thioether (sulfide) groups is 1. The SMILES string of the molecule is CC(C)(C)[C@@H]1OC(=O)[C@H]1Sc1ccccc1. The van der Waals surface area contributed by atoms with Crippen LogP contribution < -0.4 is 0 Å². The van der Waals surface area contributed by atoms with Gasteiger partial charge in [-0.25, -0.2) is 0 Å². The number of esters is 1. The highest BCUT2D eigenvalue weighted by molar-refractivity contribution is 8.00. The molecular formula is C13H16O2S. The second-order valence-corrected chi connectivity index (χ2v) is 6.29. The van der Waals surface area contributed by atoms with Gasteiger partial charge in [-0.05, 0) is 12.1 Å². The van der Waals surface area contributed by atoms with Gasteiger partial charge in [-0.2, -0.15) is 0 Å². The fraction of sp³-hybridized carbons (Fsp3) is 0.462. The van der Waals surface area contributed by atoms with E-state index in [0.717, 1.165) is 4.90 Å². The first-order valence-corrected chi connectivity index (χ1v) is 6.28. The van der Waals surface area contributed by atoms with Crippen molar-refractivity contribution in [3.8, 4) is 0 Å². The summed E-state index contributed by atoms with van der Waals surface area (Å²) in [4.78, 5) is 12.6. The number of cyclic esters (lactones) is 1. The molecule has 0 spiro atoms. The Morgan fingerprint density at radius 1 is 1.19 bits per heavy atom. The van der Waals surface area contributed by atoms with Gasteiger partial charge in [-0.3, -0.25) is 4.79 Å². The van der Waals surface area contributed by atoms with E-state index < -0.39 is 0 Å². The quantitative estimate of drug-likeness (QED) is 0.738. The highest BCUT2D eigenvalue weighted by Crippen LogP contribution is 2.41. The lowest BCUT2D eigenvalue weighted by Crippen LogP contribution is -2.54. The van der Waals surface area contributed by atoms with Crippen LogP contribution in [0.25, 0.3) is 0 Å². The van der Waals surface area contributed by atoms with Gasteiger partial charge in [0.05, 0.1) is 0 Å². The third kappa shape index (κ3) is 2.24. The molecule has 0 aromatic heterocycles. The molecular weight excluding hydrogens is 220 g/mol. The van der Waals surface area contributed by atoms with E-state index in [1.165, 1.54) is 0 Å². The lowest BCUT2D eigenvalue weighted by atomic mass is 9.84. The minimum atomic E-state index is -0.0891. The highest BCUT2D eigenvalue weighted by Gasteiger charge is 2.49. The van der Waals surface area contributed by atoms with Crippen LogP contribution in [0.1, 0.15) is 20.8 Å². The van der Waals surface area contributed by atoms with Crippen LogP contribution in [0.15, 0.2) is 35.2 Å². The Morgan fingerprint density at radius 2 is 1.81 bits per heavy atom. The zero-order valence-electron chi connectivity index (χ0n) is 9.77. The molecule has 0 radical (unpaired) electrons. The Morgan fingerprint density at radius 3 is 2.31 bits per heavy atom. The molecule has 16 heavy (non-hydrogen) atoms. The van der Waals surface area contributed by atoms with E-state index >= 15 is 0 Å². The summed E-state index contributed by atoms with van der Waals surface area (Å²) in [5.74, 6) is -0.0891. The fourth-order valence-corrected chi connectivity index (χ4v) is 3.04. The average Bonchev–Trinajstić information content (AvgIpc) is 2.22. The largest absolute Gasteiger partial charge is 0.459 e.